The summed E-state index contributed by atoms with van der Waals surface area (Å²) in [6, 6.07) is 4.34. The Bertz CT molecular complexity index is 625. The van der Waals surface area contributed by atoms with Crippen molar-refractivity contribution in [3.8, 4) is 0 Å². The second kappa shape index (κ2) is 7.33. The third-order valence-corrected chi connectivity index (χ3v) is 6.53. The van der Waals surface area contributed by atoms with E-state index >= 15 is 0 Å². The van der Waals surface area contributed by atoms with Crippen LogP contribution < -0.4 is 0 Å². The SMILES string of the molecule is CCCS(=O)(=O)CCS(=O)c1cc(Br)ccc1C(=O)O. The van der Waals surface area contributed by atoms with E-state index in [0.717, 1.165) is 0 Å². The molecule has 0 heterocycles. The summed E-state index contributed by atoms with van der Waals surface area (Å²) in [4.78, 5) is 11.2. The van der Waals surface area contributed by atoms with Gasteiger partial charge in [0, 0.05) is 16.0 Å². The monoisotopic (exact) mass is 382 g/mol. The number of halogens is 1. The van der Waals surface area contributed by atoms with Gasteiger partial charge >= 0.3 is 5.97 Å². The maximum atomic E-state index is 12.1. The third-order valence-electron chi connectivity index (χ3n) is 2.51. The second-order valence-corrected chi connectivity index (χ2v) is 8.91. The quantitative estimate of drug-likeness (QED) is 0.779. The molecular weight excluding hydrogens is 368 g/mol. The van der Waals surface area contributed by atoms with Gasteiger partial charge in [-0.15, -0.1) is 0 Å². The Balaban J connectivity index is 2.93. The van der Waals surface area contributed by atoms with Gasteiger partial charge in [-0.2, -0.15) is 0 Å². The first-order valence-electron chi connectivity index (χ1n) is 5.88. The van der Waals surface area contributed by atoms with E-state index in [4.69, 9.17) is 5.11 Å². The molecule has 0 aliphatic rings. The van der Waals surface area contributed by atoms with Gasteiger partial charge in [0.05, 0.1) is 27.0 Å². The molecule has 1 rings (SSSR count). The number of hydrogen-bond donors (Lipinski definition) is 1. The zero-order chi connectivity index (χ0) is 15.3. The Morgan fingerprint density at radius 2 is 2.00 bits per heavy atom. The summed E-state index contributed by atoms with van der Waals surface area (Å²) in [5, 5.41) is 9.05. The molecule has 5 nitrogen and oxygen atoms in total. The van der Waals surface area contributed by atoms with Gasteiger partial charge in [0.1, 0.15) is 0 Å². The molecule has 0 aliphatic carbocycles. The topological polar surface area (TPSA) is 88.5 Å². The van der Waals surface area contributed by atoms with Crippen LogP contribution in [0.2, 0.25) is 0 Å². The van der Waals surface area contributed by atoms with Gasteiger partial charge in [-0.05, 0) is 24.6 Å². The van der Waals surface area contributed by atoms with Gasteiger partial charge < -0.3 is 5.11 Å². The minimum Gasteiger partial charge on any atom is -0.478 e. The van der Waals surface area contributed by atoms with E-state index in [1.54, 1.807) is 6.92 Å². The minimum atomic E-state index is -3.23. The van der Waals surface area contributed by atoms with Gasteiger partial charge in [0.25, 0.3) is 0 Å². The van der Waals surface area contributed by atoms with Crippen LogP contribution in [0.3, 0.4) is 0 Å². The fourth-order valence-electron chi connectivity index (χ4n) is 1.59. The molecular formula is C12H15BrO5S2. The van der Waals surface area contributed by atoms with Gasteiger partial charge in [-0.3, -0.25) is 4.21 Å². The van der Waals surface area contributed by atoms with Crippen LogP contribution in [0, 0.1) is 0 Å². The summed E-state index contributed by atoms with van der Waals surface area (Å²) < 4.78 is 35.9. The average Bonchev–Trinajstić information content (AvgIpc) is 2.35. The average molecular weight is 383 g/mol. The van der Waals surface area contributed by atoms with E-state index in [0.29, 0.717) is 10.9 Å². The summed E-state index contributed by atoms with van der Waals surface area (Å²) in [5.41, 5.74) is -0.0700. The molecule has 0 saturated carbocycles. The highest BCUT2D eigenvalue weighted by Crippen LogP contribution is 2.20. The molecule has 1 unspecified atom stereocenters. The van der Waals surface area contributed by atoms with Gasteiger partial charge in [0.2, 0.25) is 0 Å². The Hall–Kier alpha value is -0.730. The van der Waals surface area contributed by atoms with E-state index in [1.807, 2.05) is 0 Å². The molecule has 0 aliphatic heterocycles. The molecule has 20 heavy (non-hydrogen) atoms. The first-order valence-corrected chi connectivity index (χ1v) is 9.82. The van der Waals surface area contributed by atoms with Crippen molar-refractivity contribution in [2.75, 3.05) is 17.3 Å². The summed E-state index contributed by atoms with van der Waals surface area (Å²) in [6.07, 6.45) is 0.506. The van der Waals surface area contributed by atoms with E-state index in [1.165, 1.54) is 18.2 Å². The minimum absolute atomic E-state index is 0.0501. The summed E-state index contributed by atoms with van der Waals surface area (Å²) in [6.45, 7) is 1.76. The van der Waals surface area contributed by atoms with Crippen molar-refractivity contribution < 1.29 is 22.5 Å². The van der Waals surface area contributed by atoms with E-state index in [-0.39, 0.29) is 27.7 Å². The molecule has 1 aromatic rings. The molecule has 112 valence electrons. The Morgan fingerprint density at radius 1 is 1.35 bits per heavy atom. The van der Waals surface area contributed by atoms with Crippen molar-refractivity contribution in [1.29, 1.82) is 0 Å². The highest BCUT2D eigenvalue weighted by Gasteiger charge is 2.18. The van der Waals surface area contributed by atoms with Crippen LogP contribution in [-0.4, -0.2) is 41.0 Å². The first kappa shape index (κ1) is 17.3. The Labute approximate surface area is 128 Å². The van der Waals surface area contributed by atoms with Crippen LogP contribution in [-0.2, 0) is 20.6 Å². The predicted octanol–water partition coefficient (Wildman–Crippen LogP) is 2.08. The number of carbonyl (C=O) groups is 1. The van der Waals surface area contributed by atoms with Gasteiger partial charge in [-0.25, -0.2) is 13.2 Å². The number of rotatable bonds is 7. The lowest BCUT2D eigenvalue weighted by molar-refractivity contribution is 0.0693. The number of carboxylic acids is 1. The molecule has 0 spiro atoms. The predicted molar refractivity (Wildman–Crippen MR) is 81.3 cm³/mol. The Morgan fingerprint density at radius 3 is 2.55 bits per heavy atom. The lowest BCUT2D eigenvalue weighted by Gasteiger charge is -2.07. The number of carboxylic acid groups (broad SMARTS) is 1. The summed E-state index contributed by atoms with van der Waals surface area (Å²) in [7, 11) is -4.90. The molecule has 1 aromatic carbocycles. The number of benzene rings is 1. The van der Waals surface area contributed by atoms with Gasteiger partial charge in [0.15, 0.2) is 9.84 Å². The van der Waals surface area contributed by atoms with Crippen LogP contribution >= 0.6 is 15.9 Å². The van der Waals surface area contributed by atoms with Crippen molar-refractivity contribution >= 4 is 42.5 Å². The third kappa shape index (κ3) is 4.99. The fourth-order valence-corrected chi connectivity index (χ4v) is 5.43. The fraction of sp³-hybridized carbons (Fsp3) is 0.417. The number of aromatic carboxylic acids is 1. The number of sulfone groups is 1. The molecule has 0 radical (unpaired) electrons. The summed E-state index contributed by atoms with van der Waals surface area (Å²) in [5.74, 6) is -1.44. The van der Waals surface area contributed by atoms with Crippen molar-refractivity contribution in [3.63, 3.8) is 0 Å². The molecule has 0 fully saturated rings. The zero-order valence-electron chi connectivity index (χ0n) is 10.8. The van der Waals surface area contributed by atoms with E-state index < -0.39 is 26.6 Å². The summed E-state index contributed by atoms with van der Waals surface area (Å²) >= 11 is 3.18. The normalized spacial score (nSPS) is 13.1. The smallest absolute Gasteiger partial charge is 0.336 e. The molecule has 0 saturated heterocycles. The van der Waals surface area contributed by atoms with Crippen molar-refractivity contribution in [2.24, 2.45) is 0 Å². The highest BCUT2D eigenvalue weighted by molar-refractivity contribution is 9.10. The van der Waals surface area contributed by atoms with Crippen LogP contribution in [0.25, 0.3) is 0 Å². The molecule has 0 amide bonds. The van der Waals surface area contributed by atoms with Crippen molar-refractivity contribution in [3.05, 3.63) is 28.2 Å². The van der Waals surface area contributed by atoms with Crippen LogP contribution in [0.15, 0.2) is 27.6 Å². The zero-order valence-corrected chi connectivity index (χ0v) is 14.1. The lowest BCUT2D eigenvalue weighted by Crippen LogP contribution is -2.17. The maximum Gasteiger partial charge on any atom is 0.336 e. The van der Waals surface area contributed by atoms with E-state index in [2.05, 4.69) is 15.9 Å². The lowest BCUT2D eigenvalue weighted by atomic mass is 10.2. The molecule has 0 bridgehead atoms. The Kier molecular flexibility index (Phi) is 6.35. The first-order chi connectivity index (χ1) is 9.26. The second-order valence-electron chi connectivity index (χ2n) is 4.15. The highest BCUT2D eigenvalue weighted by atomic mass is 79.9. The standard InChI is InChI=1S/C12H15BrO5S2/c1-2-6-20(17,18)7-5-19(16)11-8-9(13)3-4-10(11)12(14)15/h3-4,8H,2,5-7H2,1H3,(H,14,15). The molecule has 1 N–H and O–H groups in total. The molecule has 1 atom stereocenters. The van der Waals surface area contributed by atoms with Crippen LogP contribution in [0.5, 0.6) is 0 Å². The largest absolute Gasteiger partial charge is 0.478 e. The van der Waals surface area contributed by atoms with Crippen LogP contribution in [0.1, 0.15) is 23.7 Å². The van der Waals surface area contributed by atoms with Crippen molar-refractivity contribution in [2.45, 2.75) is 18.2 Å². The molecule has 0 aromatic heterocycles. The van der Waals surface area contributed by atoms with E-state index in [9.17, 15) is 17.4 Å². The van der Waals surface area contributed by atoms with Gasteiger partial charge in [-0.1, -0.05) is 22.9 Å². The number of hydrogen-bond acceptors (Lipinski definition) is 4. The molecule has 8 heteroatoms. The maximum absolute atomic E-state index is 12.1. The van der Waals surface area contributed by atoms with Crippen molar-refractivity contribution in [1.82, 2.24) is 0 Å². The van der Waals surface area contributed by atoms with Crippen LogP contribution in [0.4, 0.5) is 0 Å².